The van der Waals surface area contributed by atoms with E-state index in [0.717, 1.165) is 35.0 Å². The minimum absolute atomic E-state index is 0.0777. The summed E-state index contributed by atoms with van der Waals surface area (Å²) in [7, 11) is 0. The second-order valence-corrected chi connectivity index (χ2v) is 9.78. The number of thioether (sulfide) groups is 1. The summed E-state index contributed by atoms with van der Waals surface area (Å²) in [4.78, 5) is 29.0. The van der Waals surface area contributed by atoms with Crippen LogP contribution in [0, 0.1) is 13.8 Å². The second-order valence-electron chi connectivity index (χ2n) is 7.94. The van der Waals surface area contributed by atoms with Crippen LogP contribution in [0.5, 0.6) is 0 Å². The van der Waals surface area contributed by atoms with Gasteiger partial charge in [0.05, 0.1) is 23.5 Å². The molecule has 2 aromatic heterocycles. The van der Waals surface area contributed by atoms with Crippen molar-refractivity contribution in [1.82, 2.24) is 25.1 Å². The van der Waals surface area contributed by atoms with E-state index in [-0.39, 0.29) is 40.8 Å². The van der Waals surface area contributed by atoms with Crippen molar-refractivity contribution >= 4 is 40.0 Å². The molecule has 0 atom stereocenters. The first-order valence-electron chi connectivity index (χ1n) is 10.9. The molecule has 8 nitrogen and oxygen atoms in total. The van der Waals surface area contributed by atoms with Gasteiger partial charge in [-0.2, -0.15) is 13.2 Å². The van der Waals surface area contributed by atoms with Gasteiger partial charge < -0.3 is 10.6 Å². The molecular weight excluding hydrogens is 525 g/mol. The van der Waals surface area contributed by atoms with Crippen LogP contribution in [0.1, 0.15) is 32.9 Å². The Morgan fingerprint density at radius 1 is 1.08 bits per heavy atom. The number of benzene rings is 2. The molecule has 2 N–H and O–H groups in total. The highest BCUT2D eigenvalue weighted by atomic mass is 32.2. The van der Waals surface area contributed by atoms with Crippen molar-refractivity contribution < 1.29 is 22.8 Å². The summed E-state index contributed by atoms with van der Waals surface area (Å²) in [5.41, 5.74) is 1.75. The van der Waals surface area contributed by atoms with Crippen LogP contribution < -0.4 is 10.6 Å². The summed E-state index contributed by atoms with van der Waals surface area (Å²) in [6.45, 7) is 3.73. The van der Waals surface area contributed by atoms with Crippen molar-refractivity contribution in [2.24, 2.45) is 0 Å². The molecule has 0 spiro atoms. The molecule has 0 aliphatic heterocycles. The molecule has 0 radical (unpaired) electrons. The molecule has 0 bridgehead atoms. The predicted octanol–water partition coefficient (Wildman–Crippen LogP) is 5.02. The summed E-state index contributed by atoms with van der Waals surface area (Å²) >= 11 is 2.26. The van der Waals surface area contributed by atoms with E-state index < -0.39 is 11.7 Å². The number of thiazole rings is 1. The van der Waals surface area contributed by atoms with Crippen LogP contribution in [0.25, 0.3) is 5.69 Å². The van der Waals surface area contributed by atoms with Crippen LogP contribution in [0.3, 0.4) is 0 Å². The Balaban J connectivity index is 1.58. The lowest BCUT2D eigenvalue weighted by molar-refractivity contribution is -0.137. The normalized spacial score (nSPS) is 11.4. The van der Waals surface area contributed by atoms with E-state index in [1.54, 1.807) is 23.7 Å². The van der Waals surface area contributed by atoms with Crippen LogP contribution in [-0.2, 0) is 17.5 Å². The smallest absolute Gasteiger partial charge is 0.345 e. The first kappa shape index (κ1) is 26.4. The number of anilines is 1. The molecule has 0 saturated carbocycles. The van der Waals surface area contributed by atoms with E-state index in [2.05, 4.69) is 25.8 Å². The lowest BCUT2D eigenvalue weighted by Crippen LogP contribution is -2.25. The number of alkyl halides is 3. The number of carbonyl (C=O) groups is 2. The maximum atomic E-state index is 13.4. The molecule has 0 saturated heterocycles. The number of hydrogen-bond acceptors (Lipinski definition) is 7. The molecule has 2 aromatic carbocycles. The third-order valence-electron chi connectivity index (χ3n) is 5.32. The number of nitrogens with one attached hydrogen (secondary N) is 2. The highest BCUT2D eigenvalue weighted by molar-refractivity contribution is 7.99. The number of amides is 2. The van der Waals surface area contributed by atoms with Gasteiger partial charge in [0, 0.05) is 17.1 Å². The largest absolute Gasteiger partial charge is 0.416 e. The monoisotopic (exact) mass is 546 g/mol. The number of carbonyl (C=O) groups excluding carboxylic acids is 2. The highest BCUT2D eigenvalue weighted by Crippen LogP contribution is 2.31. The van der Waals surface area contributed by atoms with Crippen molar-refractivity contribution in [3.8, 4) is 5.69 Å². The van der Waals surface area contributed by atoms with E-state index in [9.17, 15) is 22.8 Å². The summed E-state index contributed by atoms with van der Waals surface area (Å²) in [6.07, 6.45) is -3.00. The number of halogens is 3. The lowest BCUT2D eigenvalue weighted by Gasteiger charge is -2.13. The van der Waals surface area contributed by atoms with Gasteiger partial charge in [-0.1, -0.05) is 23.9 Å². The zero-order valence-electron chi connectivity index (χ0n) is 19.7. The minimum atomic E-state index is -4.55. The predicted molar refractivity (Wildman–Crippen MR) is 135 cm³/mol. The van der Waals surface area contributed by atoms with Crippen molar-refractivity contribution in [3.63, 3.8) is 0 Å². The van der Waals surface area contributed by atoms with Crippen LogP contribution in [0.15, 0.2) is 59.2 Å². The third kappa shape index (κ3) is 6.54. The molecule has 192 valence electrons. The Labute approximate surface area is 218 Å². The van der Waals surface area contributed by atoms with E-state index in [1.807, 2.05) is 19.9 Å². The first-order chi connectivity index (χ1) is 17.6. The molecule has 13 heteroatoms. The van der Waals surface area contributed by atoms with Crippen molar-refractivity contribution in [3.05, 3.63) is 82.1 Å². The Morgan fingerprint density at radius 2 is 1.89 bits per heavy atom. The molecule has 37 heavy (non-hydrogen) atoms. The summed E-state index contributed by atoms with van der Waals surface area (Å²) in [5.74, 6) is -0.590. The minimum Gasteiger partial charge on any atom is -0.345 e. The lowest BCUT2D eigenvalue weighted by atomic mass is 10.1. The Hall–Kier alpha value is -3.71. The molecule has 0 aliphatic rings. The Bertz CT molecular complexity index is 1420. The highest BCUT2D eigenvalue weighted by Gasteiger charge is 2.31. The Morgan fingerprint density at radius 3 is 2.59 bits per heavy atom. The van der Waals surface area contributed by atoms with Gasteiger partial charge in [0.15, 0.2) is 16.1 Å². The van der Waals surface area contributed by atoms with Gasteiger partial charge in [-0.15, -0.1) is 21.5 Å². The van der Waals surface area contributed by atoms with E-state index in [1.165, 1.54) is 28.0 Å². The van der Waals surface area contributed by atoms with Gasteiger partial charge in [-0.05, 0) is 55.3 Å². The standard InChI is InChI=1S/C24H21F3N6O2S2/c1-14-6-7-16(10-15(14)2)21(35)29-12-19-31-32-23(37-13-20(34)30-22-28-8-9-36-22)33(19)18-5-3-4-17(11-18)24(25,26)27/h3-11H,12-13H2,1-2H3,(H,29,35)(H,28,30,34). The van der Waals surface area contributed by atoms with Crippen LogP contribution in [-0.4, -0.2) is 37.3 Å². The average Bonchev–Trinajstić information content (AvgIpc) is 3.52. The maximum absolute atomic E-state index is 13.4. The van der Waals surface area contributed by atoms with Crippen molar-refractivity contribution in [2.45, 2.75) is 31.7 Å². The van der Waals surface area contributed by atoms with E-state index >= 15 is 0 Å². The first-order valence-corrected chi connectivity index (χ1v) is 12.8. The quantitative estimate of drug-likeness (QED) is 0.301. The fourth-order valence-electron chi connectivity index (χ4n) is 3.30. The summed E-state index contributed by atoms with van der Waals surface area (Å²) in [5, 5.41) is 15.9. The SMILES string of the molecule is Cc1ccc(C(=O)NCc2nnc(SCC(=O)Nc3nccs3)n2-c2cccc(C(F)(F)F)c2)cc1C. The molecule has 0 aliphatic carbocycles. The van der Waals surface area contributed by atoms with Gasteiger partial charge in [0.2, 0.25) is 5.91 Å². The number of aromatic nitrogens is 4. The Kier molecular flexibility index (Phi) is 7.93. The van der Waals surface area contributed by atoms with E-state index in [0.29, 0.717) is 10.7 Å². The van der Waals surface area contributed by atoms with Gasteiger partial charge >= 0.3 is 6.18 Å². The molecule has 0 fully saturated rings. The molecular formula is C24H21F3N6O2S2. The number of aryl methyl sites for hydroxylation is 2. The average molecular weight is 547 g/mol. The molecule has 4 rings (SSSR count). The van der Waals surface area contributed by atoms with Gasteiger partial charge in [-0.25, -0.2) is 4.98 Å². The van der Waals surface area contributed by atoms with Crippen LogP contribution in [0.4, 0.5) is 18.3 Å². The molecule has 4 aromatic rings. The van der Waals surface area contributed by atoms with Gasteiger partial charge in [-0.3, -0.25) is 14.2 Å². The zero-order valence-corrected chi connectivity index (χ0v) is 21.3. The van der Waals surface area contributed by atoms with Crippen molar-refractivity contribution in [2.75, 3.05) is 11.1 Å². The van der Waals surface area contributed by atoms with Crippen LogP contribution in [0.2, 0.25) is 0 Å². The van der Waals surface area contributed by atoms with Gasteiger partial charge in [0.1, 0.15) is 0 Å². The zero-order chi connectivity index (χ0) is 26.6. The fraction of sp³-hybridized carbons (Fsp3) is 0.208. The number of rotatable bonds is 8. The topological polar surface area (TPSA) is 102 Å². The van der Waals surface area contributed by atoms with Gasteiger partial charge in [0.25, 0.3) is 5.91 Å². The van der Waals surface area contributed by atoms with Crippen molar-refractivity contribution in [1.29, 1.82) is 0 Å². The molecule has 2 heterocycles. The summed E-state index contributed by atoms with van der Waals surface area (Å²) < 4.78 is 41.6. The second kappa shape index (κ2) is 11.1. The number of nitrogens with zero attached hydrogens (tertiary/aromatic N) is 4. The fourth-order valence-corrected chi connectivity index (χ4v) is 4.62. The summed E-state index contributed by atoms with van der Waals surface area (Å²) in [6, 6.07) is 9.97. The van der Waals surface area contributed by atoms with Crippen LogP contribution >= 0.6 is 23.1 Å². The third-order valence-corrected chi connectivity index (χ3v) is 6.94. The maximum Gasteiger partial charge on any atom is 0.416 e. The molecule has 2 amide bonds. The number of hydrogen-bond donors (Lipinski definition) is 2. The molecule has 0 unspecified atom stereocenters. The van der Waals surface area contributed by atoms with E-state index in [4.69, 9.17) is 0 Å².